The van der Waals surface area contributed by atoms with E-state index in [9.17, 15) is 9.90 Å². The van der Waals surface area contributed by atoms with Gasteiger partial charge in [0.25, 0.3) is 0 Å². The van der Waals surface area contributed by atoms with Gasteiger partial charge in [-0.15, -0.1) is 0 Å². The van der Waals surface area contributed by atoms with Crippen molar-refractivity contribution in [3.05, 3.63) is 47.4 Å². The highest BCUT2D eigenvalue weighted by Crippen LogP contribution is 2.27. The monoisotopic (exact) mass is 311 g/mol. The lowest BCUT2D eigenvalue weighted by molar-refractivity contribution is 0.0696. The summed E-state index contributed by atoms with van der Waals surface area (Å²) < 4.78 is 1.54. The molecule has 23 heavy (non-hydrogen) atoms. The molecule has 4 N–H and O–H groups in total. The maximum absolute atomic E-state index is 11.4. The molecule has 0 saturated carbocycles. The highest BCUT2D eigenvalue weighted by atomic mass is 16.4. The lowest BCUT2D eigenvalue weighted by Crippen LogP contribution is -2.02. The lowest BCUT2D eigenvalue weighted by atomic mass is 10.1. The fourth-order valence-corrected chi connectivity index (χ4v) is 2.56. The third kappa shape index (κ3) is 2.57. The number of hydrogen-bond donors (Lipinski definition) is 3. The van der Waals surface area contributed by atoms with Crippen molar-refractivity contribution in [2.24, 2.45) is 0 Å². The average molecular weight is 311 g/mol. The number of fused-ring (bicyclic) bond motifs is 1. The second-order valence-electron chi connectivity index (χ2n) is 5.28. The van der Waals surface area contributed by atoms with Crippen LogP contribution in [-0.2, 0) is 6.42 Å². The number of aryl methyl sites for hydroxylation is 2. The van der Waals surface area contributed by atoms with Crippen LogP contribution in [0.3, 0.4) is 0 Å². The minimum atomic E-state index is -0.974. The molecule has 0 aliphatic carbocycles. The Morgan fingerprint density at radius 2 is 2.22 bits per heavy atom. The number of aromatic carboxylic acids is 1. The van der Waals surface area contributed by atoms with Crippen LogP contribution in [0.5, 0.6) is 0 Å². The largest absolute Gasteiger partial charge is 0.478 e. The van der Waals surface area contributed by atoms with Crippen LogP contribution in [0, 0.1) is 6.92 Å². The molecule has 0 radical (unpaired) electrons. The van der Waals surface area contributed by atoms with Crippen molar-refractivity contribution in [2.45, 2.75) is 20.3 Å². The van der Waals surface area contributed by atoms with Crippen LogP contribution in [0.4, 0.5) is 17.2 Å². The van der Waals surface area contributed by atoms with Gasteiger partial charge in [-0.1, -0.05) is 13.0 Å². The van der Waals surface area contributed by atoms with Crippen molar-refractivity contribution >= 4 is 28.7 Å². The highest BCUT2D eigenvalue weighted by Gasteiger charge is 2.19. The lowest BCUT2D eigenvalue weighted by Gasteiger charge is -2.10. The summed E-state index contributed by atoms with van der Waals surface area (Å²) >= 11 is 0. The number of nitrogen functional groups attached to an aromatic ring is 1. The predicted molar refractivity (Wildman–Crippen MR) is 88.2 cm³/mol. The van der Waals surface area contributed by atoms with E-state index in [1.54, 1.807) is 0 Å². The van der Waals surface area contributed by atoms with E-state index < -0.39 is 5.97 Å². The van der Waals surface area contributed by atoms with Gasteiger partial charge >= 0.3 is 5.97 Å². The summed E-state index contributed by atoms with van der Waals surface area (Å²) in [7, 11) is 0. The molecule has 0 saturated heterocycles. The predicted octanol–water partition coefficient (Wildman–Crippen LogP) is 2.62. The van der Waals surface area contributed by atoms with Crippen LogP contribution in [0.1, 0.15) is 28.4 Å². The second-order valence-corrected chi connectivity index (χ2v) is 5.28. The Balaban J connectivity index is 2.13. The molecule has 0 aliphatic rings. The van der Waals surface area contributed by atoms with Gasteiger partial charge in [-0.25, -0.2) is 14.3 Å². The van der Waals surface area contributed by atoms with E-state index in [0.717, 1.165) is 11.3 Å². The Labute approximate surface area is 132 Å². The first-order valence-electron chi connectivity index (χ1n) is 7.23. The summed E-state index contributed by atoms with van der Waals surface area (Å²) in [5.41, 5.74) is 9.98. The number of hydrogen-bond acceptors (Lipinski definition) is 5. The van der Waals surface area contributed by atoms with Crippen molar-refractivity contribution in [3.63, 3.8) is 0 Å². The molecule has 0 spiro atoms. The molecule has 0 unspecified atom stereocenters. The van der Waals surface area contributed by atoms with Gasteiger partial charge in [0.15, 0.2) is 5.82 Å². The van der Waals surface area contributed by atoms with Gasteiger partial charge in [0.1, 0.15) is 11.8 Å². The zero-order valence-electron chi connectivity index (χ0n) is 12.9. The van der Waals surface area contributed by atoms with Crippen molar-refractivity contribution in [2.75, 3.05) is 11.1 Å². The SMILES string of the molecule is CCc1c(C(=O)O)cn2ncnc(Nc3ccc(C)c(N)c3)c12. The number of nitrogens with two attached hydrogens (primary N) is 1. The van der Waals surface area contributed by atoms with Crippen molar-refractivity contribution < 1.29 is 9.90 Å². The normalized spacial score (nSPS) is 10.9. The molecular weight excluding hydrogens is 294 g/mol. The average Bonchev–Trinajstić information content (AvgIpc) is 2.91. The second kappa shape index (κ2) is 5.60. The topological polar surface area (TPSA) is 106 Å². The fraction of sp³-hybridized carbons (Fsp3) is 0.188. The van der Waals surface area contributed by atoms with Gasteiger partial charge in [-0.05, 0) is 36.6 Å². The van der Waals surface area contributed by atoms with E-state index >= 15 is 0 Å². The number of nitrogens with zero attached hydrogens (tertiary/aromatic N) is 3. The number of benzene rings is 1. The summed E-state index contributed by atoms with van der Waals surface area (Å²) in [6, 6.07) is 5.63. The molecule has 2 aromatic heterocycles. The standard InChI is InChI=1S/C16H17N5O2/c1-3-11-12(16(22)23)7-21-14(11)15(18-8-19-21)20-10-5-4-9(2)13(17)6-10/h4-8H,3,17H2,1-2H3,(H,22,23)(H,18,19,20). The van der Waals surface area contributed by atoms with E-state index in [4.69, 9.17) is 5.73 Å². The number of carboxylic acid groups (broad SMARTS) is 1. The molecule has 118 valence electrons. The van der Waals surface area contributed by atoms with Crippen LogP contribution in [-0.4, -0.2) is 25.7 Å². The maximum Gasteiger partial charge on any atom is 0.337 e. The van der Waals surface area contributed by atoms with Gasteiger partial charge in [0.05, 0.1) is 5.56 Å². The van der Waals surface area contributed by atoms with Gasteiger partial charge in [0.2, 0.25) is 0 Å². The quantitative estimate of drug-likeness (QED) is 0.640. The molecule has 3 rings (SSSR count). The summed E-state index contributed by atoms with van der Waals surface area (Å²) in [6.07, 6.45) is 3.46. The third-order valence-electron chi connectivity index (χ3n) is 3.80. The Kier molecular flexibility index (Phi) is 3.61. The first-order valence-corrected chi connectivity index (χ1v) is 7.23. The molecule has 3 aromatic rings. The molecular formula is C16H17N5O2. The van der Waals surface area contributed by atoms with Crippen molar-refractivity contribution in [3.8, 4) is 0 Å². The number of carboxylic acids is 1. The number of carbonyl (C=O) groups is 1. The fourth-order valence-electron chi connectivity index (χ4n) is 2.56. The van der Waals surface area contributed by atoms with E-state index in [-0.39, 0.29) is 5.56 Å². The molecule has 7 nitrogen and oxygen atoms in total. The van der Waals surface area contributed by atoms with Crippen LogP contribution < -0.4 is 11.1 Å². The zero-order chi connectivity index (χ0) is 16.6. The molecule has 0 aliphatic heterocycles. The zero-order valence-corrected chi connectivity index (χ0v) is 12.9. The number of aromatic nitrogens is 3. The maximum atomic E-state index is 11.4. The van der Waals surface area contributed by atoms with Crippen LogP contribution in [0.2, 0.25) is 0 Å². The van der Waals surface area contributed by atoms with Gasteiger partial charge in [-0.2, -0.15) is 5.10 Å². The van der Waals surface area contributed by atoms with Gasteiger partial charge < -0.3 is 16.2 Å². The van der Waals surface area contributed by atoms with Crippen molar-refractivity contribution in [1.82, 2.24) is 14.6 Å². The summed E-state index contributed by atoms with van der Waals surface area (Å²) in [6.45, 7) is 3.84. The Bertz CT molecular complexity index is 901. The van der Waals surface area contributed by atoms with Gasteiger partial charge in [0, 0.05) is 17.6 Å². The van der Waals surface area contributed by atoms with Gasteiger partial charge in [-0.3, -0.25) is 0 Å². The molecule has 0 amide bonds. The van der Waals surface area contributed by atoms with Crippen LogP contribution >= 0.6 is 0 Å². The minimum Gasteiger partial charge on any atom is -0.478 e. The highest BCUT2D eigenvalue weighted by molar-refractivity contribution is 5.94. The van der Waals surface area contributed by atoms with E-state index in [1.807, 2.05) is 32.0 Å². The van der Waals surface area contributed by atoms with Crippen molar-refractivity contribution in [1.29, 1.82) is 0 Å². The Morgan fingerprint density at radius 3 is 2.87 bits per heavy atom. The van der Waals surface area contributed by atoms with E-state index in [0.29, 0.717) is 29.0 Å². The summed E-state index contributed by atoms with van der Waals surface area (Å²) in [5.74, 6) is -0.425. The third-order valence-corrected chi connectivity index (χ3v) is 3.80. The van der Waals surface area contributed by atoms with E-state index in [1.165, 1.54) is 17.0 Å². The smallest absolute Gasteiger partial charge is 0.337 e. The minimum absolute atomic E-state index is 0.236. The molecule has 0 atom stereocenters. The van der Waals surface area contributed by atoms with Crippen LogP contribution in [0.25, 0.3) is 5.52 Å². The molecule has 0 fully saturated rings. The Hall–Kier alpha value is -3.09. The number of anilines is 3. The number of nitrogens with one attached hydrogen (secondary N) is 1. The van der Waals surface area contributed by atoms with Crippen LogP contribution in [0.15, 0.2) is 30.7 Å². The number of rotatable bonds is 4. The summed E-state index contributed by atoms with van der Waals surface area (Å²) in [4.78, 5) is 15.7. The van der Waals surface area contributed by atoms with E-state index in [2.05, 4.69) is 15.4 Å². The molecule has 1 aromatic carbocycles. The summed E-state index contributed by atoms with van der Waals surface area (Å²) in [5, 5.41) is 16.6. The first kappa shape index (κ1) is 14.8. The Morgan fingerprint density at radius 1 is 1.43 bits per heavy atom. The first-order chi connectivity index (χ1) is 11.0. The molecule has 2 heterocycles. The molecule has 0 bridgehead atoms. The molecule has 7 heteroatoms.